The molecule has 3 aromatic rings. The fourth-order valence-corrected chi connectivity index (χ4v) is 3.51. The first-order valence-corrected chi connectivity index (χ1v) is 9.76. The smallest absolute Gasteiger partial charge is 0.265 e. The van der Waals surface area contributed by atoms with Crippen LogP contribution in [0.4, 0.5) is 5.69 Å². The summed E-state index contributed by atoms with van der Waals surface area (Å²) in [5.41, 5.74) is 3.06. The Labute approximate surface area is 168 Å². The van der Waals surface area contributed by atoms with Crippen molar-refractivity contribution in [2.45, 2.75) is 19.9 Å². The topological polar surface area (TPSA) is 67.4 Å². The molecule has 0 unspecified atom stereocenters. The molecule has 6 heteroatoms. The third kappa shape index (κ3) is 4.58. The van der Waals surface area contributed by atoms with E-state index in [9.17, 15) is 9.59 Å². The second-order valence-corrected chi connectivity index (χ2v) is 7.40. The Bertz CT molecular complexity index is 983. The van der Waals surface area contributed by atoms with E-state index in [-0.39, 0.29) is 17.9 Å². The summed E-state index contributed by atoms with van der Waals surface area (Å²) in [7, 11) is 1.61. The number of anilines is 1. The zero-order chi connectivity index (χ0) is 20.1. The SMILES string of the molecule is COc1ccc(C)cc1[C@H](C)NC(=O)c1cccc(NC(=O)c2cccs2)c1. The van der Waals surface area contributed by atoms with E-state index in [1.165, 1.54) is 11.3 Å². The lowest BCUT2D eigenvalue weighted by Gasteiger charge is -2.18. The van der Waals surface area contributed by atoms with Crippen molar-refractivity contribution >= 4 is 28.8 Å². The summed E-state index contributed by atoms with van der Waals surface area (Å²) in [5, 5.41) is 7.66. The van der Waals surface area contributed by atoms with Gasteiger partial charge in [-0.25, -0.2) is 0 Å². The van der Waals surface area contributed by atoms with Gasteiger partial charge in [0.05, 0.1) is 18.0 Å². The van der Waals surface area contributed by atoms with Crippen molar-refractivity contribution in [3.8, 4) is 5.75 Å². The number of aryl methyl sites for hydroxylation is 1. The van der Waals surface area contributed by atoms with Crippen molar-refractivity contribution in [3.63, 3.8) is 0 Å². The zero-order valence-electron chi connectivity index (χ0n) is 16.0. The Morgan fingerprint density at radius 2 is 1.86 bits per heavy atom. The average Bonchev–Trinajstić information content (AvgIpc) is 3.23. The van der Waals surface area contributed by atoms with Crippen LogP contribution < -0.4 is 15.4 Å². The Balaban J connectivity index is 1.72. The molecule has 5 nitrogen and oxygen atoms in total. The van der Waals surface area contributed by atoms with E-state index in [2.05, 4.69) is 10.6 Å². The van der Waals surface area contributed by atoms with Gasteiger partial charge in [0, 0.05) is 16.8 Å². The molecule has 3 rings (SSSR count). The largest absolute Gasteiger partial charge is 0.496 e. The van der Waals surface area contributed by atoms with Crippen molar-refractivity contribution in [1.29, 1.82) is 0 Å². The fraction of sp³-hybridized carbons (Fsp3) is 0.182. The Morgan fingerprint density at radius 1 is 1.04 bits per heavy atom. The van der Waals surface area contributed by atoms with Gasteiger partial charge in [-0.1, -0.05) is 29.8 Å². The molecular formula is C22H22N2O3S. The number of methoxy groups -OCH3 is 1. The van der Waals surface area contributed by atoms with Crippen LogP contribution in [0.15, 0.2) is 60.0 Å². The molecule has 0 bridgehead atoms. The van der Waals surface area contributed by atoms with Gasteiger partial charge < -0.3 is 15.4 Å². The molecule has 2 N–H and O–H groups in total. The second-order valence-electron chi connectivity index (χ2n) is 6.45. The minimum Gasteiger partial charge on any atom is -0.496 e. The van der Waals surface area contributed by atoms with Crippen LogP contribution >= 0.6 is 11.3 Å². The first kappa shape index (κ1) is 19.6. The summed E-state index contributed by atoms with van der Waals surface area (Å²) in [6.45, 7) is 3.91. The molecule has 0 radical (unpaired) electrons. The lowest BCUT2D eigenvalue weighted by Crippen LogP contribution is -2.27. The zero-order valence-corrected chi connectivity index (χ0v) is 16.8. The Hall–Kier alpha value is -3.12. The lowest BCUT2D eigenvalue weighted by atomic mass is 10.0. The summed E-state index contributed by atoms with van der Waals surface area (Å²) in [6, 6.07) is 16.1. The van der Waals surface area contributed by atoms with Crippen molar-refractivity contribution in [1.82, 2.24) is 5.32 Å². The second kappa shape index (κ2) is 8.71. The molecule has 0 saturated carbocycles. The van der Waals surface area contributed by atoms with E-state index in [4.69, 9.17) is 4.74 Å². The van der Waals surface area contributed by atoms with E-state index in [0.717, 1.165) is 16.9 Å². The highest BCUT2D eigenvalue weighted by Crippen LogP contribution is 2.26. The number of carbonyl (C=O) groups is 2. The summed E-state index contributed by atoms with van der Waals surface area (Å²) in [4.78, 5) is 25.5. The number of ether oxygens (including phenoxy) is 1. The van der Waals surface area contributed by atoms with Crippen LogP contribution in [0.5, 0.6) is 5.75 Å². The van der Waals surface area contributed by atoms with E-state index in [1.54, 1.807) is 37.4 Å². The molecule has 0 spiro atoms. The highest BCUT2D eigenvalue weighted by Gasteiger charge is 2.16. The number of carbonyl (C=O) groups excluding carboxylic acids is 2. The molecule has 2 aromatic carbocycles. The molecule has 28 heavy (non-hydrogen) atoms. The predicted octanol–water partition coefficient (Wildman–Crippen LogP) is 4.81. The number of benzene rings is 2. The van der Waals surface area contributed by atoms with Crippen molar-refractivity contribution in [2.24, 2.45) is 0 Å². The van der Waals surface area contributed by atoms with Crippen LogP contribution in [0.2, 0.25) is 0 Å². The first-order valence-electron chi connectivity index (χ1n) is 8.88. The molecule has 0 fully saturated rings. The number of amides is 2. The highest BCUT2D eigenvalue weighted by molar-refractivity contribution is 7.12. The molecule has 2 amide bonds. The van der Waals surface area contributed by atoms with Gasteiger partial charge in [-0.05, 0) is 49.6 Å². The fourth-order valence-electron chi connectivity index (χ4n) is 2.89. The summed E-state index contributed by atoms with van der Waals surface area (Å²) in [5.74, 6) is 0.323. The van der Waals surface area contributed by atoms with Gasteiger partial charge in [0.1, 0.15) is 5.75 Å². The number of nitrogens with one attached hydrogen (secondary N) is 2. The maximum atomic E-state index is 12.7. The van der Waals surface area contributed by atoms with Gasteiger partial charge >= 0.3 is 0 Å². The quantitative estimate of drug-likeness (QED) is 0.631. The maximum absolute atomic E-state index is 12.7. The number of rotatable bonds is 6. The average molecular weight is 394 g/mol. The number of thiophene rings is 1. The number of hydrogen-bond acceptors (Lipinski definition) is 4. The van der Waals surface area contributed by atoms with Gasteiger partial charge in [-0.2, -0.15) is 0 Å². The van der Waals surface area contributed by atoms with E-state index >= 15 is 0 Å². The van der Waals surface area contributed by atoms with E-state index in [0.29, 0.717) is 16.1 Å². The molecule has 1 atom stereocenters. The first-order chi connectivity index (χ1) is 13.5. The number of hydrogen-bond donors (Lipinski definition) is 2. The van der Waals surface area contributed by atoms with Gasteiger partial charge in [-0.3, -0.25) is 9.59 Å². The predicted molar refractivity (Wildman–Crippen MR) is 112 cm³/mol. The minimum atomic E-state index is -0.230. The van der Waals surface area contributed by atoms with Crippen LogP contribution in [0, 0.1) is 6.92 Å². The Morgan fingerprint density at radius 3 is 2.57 bits per heavy atom. The third-order valence-electron chi connectivity index (χ3n) is 4.33. The summed E-state index contributed by atoms with van der Waals surface area (Å²) in [6.07, 6.45) is 0. The monoisotopic (exact) mass is 394 g/mol. The van der Waals surface area contributed by atoms with Crippen LogP contribution in [-0.4, -0.2) is 18.9 Å². The molecule has 144 valence electrons. The van der Waals surface area contributed by atoms with Crippen molar-refractivity contribution < 1.29 is 14.3 Å². The molecule has 1 aromatic heterocycles. The van der Waals surface area contributed by atoms with Crippen LogP contribution in [-0.2, 0) is 0 Å². The van der Waals surface area contributed by atoms with Crippen molar-refractivity contribution in [2.75, 3.05) is 12.4 Å². The van der Waals surface area contributed by atoms with Gasteiger partial charge in [0.2, 0.25) is 0 Å². The Kier molecular flexibility index (Phi) is 6.11. The summed E-state index contributed by atoms with van der Waals surface area (Å²) < 4.78 is 5.41. The minimum absolute atomic E-state index is 0.189. The van der Waals surface area contributed by atoms with Crippen molar-refractivity contribution in [3.05, 3.63) is 81.5 Å². The van der Waals surface area contributed by atoms with Crippen LogP contribution in [0.1, 0.15) is 44.1 Å². The van der Waals surface area contributed by atoms with E-state index in [1.807, 2.05) is 43.5 Å². The van der Waals surface area contributed by atoms with Gasteiger partial charge in [0.15, 0.2) is 0 Å². The lowest BCUT2D eigenvalue weighted by molar-refractivity contribution is 0.0938. The molecular weight excluding hydrogens is 372 g/mol. The molecule has 0 aliphatic rings. The van der Waals surface area contributed by atoms with Gasteiger partial charge in [-0.15, -0.1) is 11.3 Å². The molecule has 0 aliphatic carbocycles. The van der Waals surface area contributed by atoms with Crippen LogP contribution in [0.3, 0.4) is 0 Å². The standard InChI is InChI=1S/C22H22N2O3S/c1-14-9-10-19(27-3)18(12-14)15(2)23-21(25)16-6-4-7-17(13-16)24-22(26)20-8-5-11-28-20/h4-13,15H,1-3H3,(H,23,25)(H,24,26)/t15-/m0/s1. The summed E-state index contributed by atoms with van der Waals surface area (Å²) >= 11 is 1.37. The van der Waals surface area contributed by atoms with E-state index < -0.39 is 0 Å². The molecule has 0 aliphatic heterocycles. The molecule has 0 saturated heterocycles. The molecule has 1 heterocycles. The van der Waals surface area contributed by atoms with Gasteiger partial charge in [0.25, 0.3) is 11.8 Å². The normalized spacial score (nSPS) is 11.5. The third-order valence-corrected chi connectivity index (χ3v) is 5.20. The maximum Gasteiger partial charge on any atom is 0.265 e. The van der Waals surface area contributed by atoms with Crippen LogP contribution in [0.25, 0.3) is 0 Å². The highest BCUT2D eigenvalue weighted by atomic mass is 32.1.